The van der Waals surface area contributed by atoms with Crippen LogP contribution < -0.4 is 0 Å². The van der Waals surface area contributed by atoms with Crippen LogP contribution in [0.2, 0.25) is 0 Å². The molecule has 2 rings (SSSR count). The third-order valence-electron chi connectivity index (χ3n) is 2.52. The summed E-state index contributed by atoms with van der Waals surface area (Å²) in [6, 6.07) is 6.76. The summed E-state index contributed by atoms with van der Waals surface area (Å²) in [5.41, 5.74) is 2.96. The lowest BCUT2D eigenvalue weighted by atomic mass is 9.98. The quantitative estimate of drug-likeness (QED) is 0.721. The molecule has 0 aliphatic heterocycles. The monoisotopic (exact) mass is 215 g/mol. The van der Waals surface area contributed by atoms with Gasteiger partial charge in [-0.15, -0.1) is 0 Å². The fraction of sp³-hybridized carbons (Fsp3) is 0.0769. The minimum atomic E-state index is -0.381. The molecule has 0 amide bonds. The van der Waals surface area contributed by atoms with Gasteiger partial charge in [0.1, 0.15) is 12.1 Å². The number of nitrogens with zero attached hydrogens (tertiary/aromatic N) is 1. The van der Waals surface area contributed by atoms with E-state index in [2.05, 4.69) is 4.98 Å². The Morgan fingerprint density at radius 1 is 1.31 bits per heavy atom. The summed E-state index contributed by atoms with van der Waals surface area (Å²) >= 11 is 0. The third kappa shape index (κ3) is 1.84. The second kappa shape index (κ2) is 4.23. The second-order valence-electron chi connectivity index (χ2n) is 3.53. The van der Waals surface area contributed by atoms with Crippen molar-refractivity contribution in [2.75, 3.05) is 0 Å². The largest absolute Gasteiger partial charge is 0.298 e. The van der Waals surface area contributed by atoms with E-state index in [1.54, 1.807) is 18.3 Å². The average Bonchev–Trinajstić information content (AvgIpc) is 2.29. The number of aromatic nitrogens is 1. The summed E-state index contributed by atoms with van der Waals surface area (Å²) in [5, 5.41) is 0. The Balaban J connectivity index is 2.60. The normalized spacial score (nSPS) is 10.1. The molecule has 1 aromatic carbocycles. The van der Waals surface area contributed by atoms with Crippen molar-refractivity contribution in [3.05, 3.63) is 53.6 Å². The van der Waals surface area contributed by atoms with Gasteiger partial charge in [-0.3, -0.25) is 9.78 Å². The Labute approximate surface area is 92.8 Å². The van der Waals surface area contributed by atoms with E-state index in [0.29, 0.717) is 11.1 Å². The maximum absolute atomic E-state index is 13.0. The molecule has 0 N–H and O–H groups in total. The summed E-state index contributed by atoms with van der Waals surface area (Å²) in [7, 11) is 0. The number of halogens is 1. The number of carbonyl (C=O) groups is 1. The summed E-state index contributed by atoms with van der Waals surface area (Å²) < 4.78 is 13.0. The molecule has 0 atom stereocenters. The molecular weight excluding hydrogens is 205 g/mol. The van der Waals surface area contributed by atoms with Gasteiger partial charge in [0.05, 0.1) is 6.20 Å². The van der Waals surface area contributed by atoms with Crippen LogP contribution in [-0.2, 0) is 0 Å². The third-order valence-corrected chi connectivity index (χ3v) is 2.52. The van der Waals surface area contributed by atoms with Crippen molar-refractivity contribution in [3.63, 3.8) is 0 Å². The molecule has 1 heterocycles. The molecule has 0 aliphatic carbocycles. The smallest absolute Gasteiger partial charge is 0.150 e. The predicted molar refractivity (Wildman–Crippen MR) is 59.8 cm³/mol. The molecule has 0 spiro atoms. The molecule has 0 saturated heterocycles. The highest BCUT2D eigenvalue weighted by molar-refractivity contribution is 5.82. The maximum Gasteiger partial charge on any atom is 0.150 e. The van der Waals surface area contributed by atoms with Crippen molar-refractivity contribution < 1.29 is 9.18 Å². The lowest BCUT2D eigenvalue weighted by Gasteiger charge is -2.07. The molecule has 0 radical (unpaired) electrons. The standard InChI is InChI=1S/C13H10FNO/c1-9-10(8-16)3-2-4-13(9)11-5-12(14)7-15-6-11/h2-8H,1H3. The molecule has 2 aromatic rings. The molecule has 1 aromatic heterocycles. The van der Waals surface area contributed by atoms with Crippen molar-refractivity contribution in [2.24, 2.45) is 0 Å². The number of hydrogen-bond donors (Lipinski definition) is 0. The number of hydrogen-bond acceptors (Lipinski definition) is 2. The molecule has 0 unspecified atom stereocenters. The SMILES string of the molecule is Cc1c(C=O)cccc1-c1cncc(F)c1. The van der Waals surface area contributed by atoms with E-state index >= 15 is 0 Å². The van der Waals surface area contributed by atoms with Gasteiger partial charge < -0.3 is 0 Å². The first-order valence-corrected chi connectivity index (χ1v) is 4.88. The summed E-state index contributed by atoms with van der Waals surface area (Å²) in [4.78, 5) is 14.6. The fourth-order valence-corrected chi connectivity index (χ4v) is 1.65. The zero-order chi connectivity index (χ0) is 11.5. The zero-order valence-corrected chi connectivity index (χ0v) is 8.77. The van der Waals surface area contributed by atoms with Crippen LogP contribution in [-0.4, -0.2) is 11.3 Å². The van der Waals surface area contributed by atoms with Crippen LogP contribution in [0.4, 0.5) is 4.39 Å². The molecule has 2 nitrogen and oxygen atoms in total. The van der Waals surface area contributed by atoms with Crippen molar-refractivity contribution in [3.8, 4) is 11.1 Å². The van der Waals surface area contributed by atoms with E-state index in [1.807, 2.05) is 13.0 Å². The first-order valence-electron chi connectivity index (χ1n) is 4.88. The van der Waals surface area contributed by atoms with Crippen LogP contribution in [0.5, 0.6) is 0 Å². The number of aldehydes is 1. The predicted octanol–water partition coefficient (Wildman–Crippen LogP) is 3.01. The number of pyridine rings is 1. The van der Waals surface area contributed by atoms with Gasteiger partial charge >= 0.3 is 0 Å². The lowest BCUT2D eigenvalue weighted by molar-refractivity contribution is 0.112. The Morgan fingerprint density at radius 3 is 2.81 bits per heavy atom. The van der Waals surface area contributed by atoms with Crippen molar-refractivity contribution >= 4 is 6.29 Å². The Kier molecular flexibility index (Phi) is 2.77. The Hall–Kier alpha value is -2.03. The number of carbonyl (C=O) groups excluding carboxylic acids is 1. The number of benzene rings is 1. The van der Waals surface area contributed by atoms with Crippen molar-refractivity contribution in [2.45, 2.75) is 6.92 Å². The molecule has 0 fully saturated rings. The highest BCUT2D eigenvalue weighted by Crippen LogP contribution is 2.24. The number of rotatable bonds is 2. The van der Waals surface area contributed by atoms with Crippen molar-refractivity contribution in [1.82, 2.24) is 4.98 Å². The van der Waals surface area contributed by atoms with E-state index < -0.39 is 0 Å². The van der Waals surface area contributed by atoms with Crippen LogP contribution in [0.1, 0.15) is 15.9 Å². The molecule has 0 aliphatic rings. The van der Waals surface area contributed by atoms with Gasteiger partial charge in [0.2, 0.25) is 0 Å². The van der Waals surface area contributed by atoms with Gasteiger partial charge in [-0.25, -0.2) is 4.39 Å². The molecule has 16 heavy (non-hydrogen) atoms. The fourth-order valence-electron chi connectivity index (χ4n) is 1.65. The van der Waals surface area contributed by atoms with Gasteiger partial charge in [0, 0.05) is 17.3 Å². The first kappa shape index (κ1) is 10.5. The van der Waals surface area contributed by atoms with Crippen LogP contribution in [0.3, 0.4) is 0 Å². The Morgan fingerprint density at radius 2 is 2.12 bits per heavy atom. The van der Waals surface area contributed by atoms with Crippen LogP contribution >= 0.6 is 0 Å². The summed E-state index contributed by atoms with van der Waals surface area (Å²) in [5.74, 6) is -0.381. The van der Waals surface area contributed by atoms with E-state index in [4.69, 9.17) is 0 Å². The Bertz CT molecular complexity index is 537. The van der Waals surface area contributed by atoms with Crippen molar-refractivity contribution in [1.29, 1.82) is 0 Å². The molecule has 0 bridgehead atoms. The lowest BCUT2D eigenvalue weighted by Crippen LogP contribution is -1.91. The zero-order valence-electron chi connectivity index (χ0n) is 8.77. The van der Waals surface area contributed by atoms with E-state index in [-0.39, 0.29) is 5.82 Å². The highest BCUT2D eigenvalue weighted by Gasteiger charge is 2.06. The minimum Gasteiger partial charge on any atom is -0.298 e. The minimum absolute atomic E-state index is 0.381. The highest BCUT2D eigenvalue weighted by atomic mass is 19.1. The molecular formula is C13H10FNO. The van der Waals surface area contributed by atoms with Gasteiger partial charge in [-0.1, -0.05) is 18.2 Å². The summed E-state index contributed by atoms with van der Waals surface area (Å²) in [6.07, 6.45) is 3.54. The summed E-state index contributed by atoms with van der Waals surface area (Å²) in [6.45, 7) is 1.84. The van der Waals surface area contributed by atoms with Gasteiger partial charge in [-0.2, -0.15) is 0 Å². The van der Waals surface area contributed by atoms with E-state index in [9.17, 15) is 9.18 Å². The van der Waals surface area contributed by atoms with E-state index in [1.165, 1.54) is 6.07 Å². The first-order chi connectivity index (χ1) is 7.72. The second-order valence-corrected chi connectivity index (χ2v) is 3.53. The van der Waals surface area contributed by atoms with Gasteiger partial charge in [0.15, 0.2) is 0 Å². The van der Waals surface area contributed by atoms with E-state index in [0.717, 1.165) is 23.6 Å². The maximum atomic E-state index is 13.0. The molecule has 0 saturated carbocycles. The van der Waals surface area contributed by atoms with Gasteiger partial charge in [0.25, 0.3) is 0 Å². The van der Waals surface area contributed by atoms with Crippen LogP contribution in [0.15, 0.2) is 36.7 Å². The molecule has 80 valence electrons. The molecule has 3 heteroatoms. The average molecular weight is 215 g/mol. The van der Waals surface area contributed by atoms with Gasteiger partial charge in [-0.05, 0) is 24.1 Å². The van der Waals surface area contributed by atoms with Crippen LogP contribution in [0, 0.1) is 12.7 Å². The topological polar surface area (TPSA) is 30.0 Å². The van der Waals surface area contributed by atoms with Crippen LogP contribution in [0.25, 0.3) is 11.1 Å².